The van der Waals surface area contributed by atoms with Crippen LogP contribution in [0.4, 0.5) is 0 Å². The molecule has 0 bridgehead atoms. The first-order valence-corrected chi connectivity index (χ1v) is 19.0. The van der Waals surface area contributed by atoms with Gasteiger partial charge in [-0.1, -0.05) is 105 Å². The molecule has 0 spiro atoms. The van der Waals surface area contributed by atoms with Gasteiger partial charge in [0, 0.05) is 0 Å². The van der Waals surface area contributed by atoms with Crippen LogP contribution in [0.1, 0.15) is 130 Å². The second-order valence-corrected chi connectivity index (χ2v) is 13.2. The largest absolute Gasteiger partial charge is 0.504 e. The number of aromatic hydroxyl groups is 2. The van der Waals surface area contributed by atoms with E-state index in [1.807, 2.05) is 12.1 Å². The van der Waals surface area contributed by atoms with Gasteiger partial charge in [0.2, 0.25) is 0 Å². The zero-order chi connectivity index (χ0) is 34.1. The lowest BCUT2D eigenvalue weighted by molar-refractivity contribution is 0.259. The Morgan fingerprint density at radius 3 is 0.875 bits per heavy atom. The van der Waals surface area contributed by atoms with Gasteiger partial charge in [0.25, 0.3) is 0 Å². The molecular weight excluding hydrogens is 600 g/mol. The molecule has 4 aromatic carbocycles. The normalized spacial score (nSPS) is 11.5. The van der Waals surface area contributed by atoms with Crippen LogP contribution in [0.3, 0.4) is 0 Å². The predicted octanol–water partition coefficient (Wildman–Crippen LogP) is 12.4. The van der Waals surface area contributed by atoms with Crippen LogP contribution in [0.2, 0.25) is 0 Å². The van der Waals surface area contributed by atoms with Gasteiger partial charge in [0.05, 0.1) is 26.4 Å². The molecule has 4 aromatic rings. The molecule has 0 amide bonds. The van der Waals surface area contributed by atoms with Crippen molar-refractivity contribution < 1.29 is 29.2 Å². The minimum atomic E-state index is 0.0915. The fourth-order valence-electron chi connectivity index (χ4n) is 6.33. The molecule has 0 aromatic heterocycles. The second kappa shape index (κ2) is 20.1. The Bertz CT molecular complexity index is 1450. The molecule has 264 valence electrons. The molecule has 0 aliphatic carbocycles. The standard InChI is InChI=1S/C42H60O6/c1-5-9-13-17-21-45-39-27-33-31(25-37(39)43)32-26-38(44)40(46-22-18-14-10-6-2)28-34(32)36-30-42(48-24-20-16-12-8-4)41(29-35(33)36)47-23-19-15-11-7-3/h25-30,43-44H,5-24H2,1-4H3. The number of ether oxygens (including phenoxy) is 4. The SMILES string of the molecule is CCCCCCOc1cc2c(cc1O)c1cc(O)c(OCCCCCC)cc1c1cc(OCCCCCC)c(OCCCCCC)cc21. The predicted molar refractivity (Wildman–Crippen MR) is 201 cm³/mol. The second-order valence-electron chi connectivity index (χ2n) is 13.2. The molecule has 48 heavy (non-hydrogen) atoms. The highest BCUT2D eigenvalue weighted by atomic mass is 16.5. The van der Waals surface area contributed by atoms with Crippen molar-refractivity contribution in [1.29, 1.82) is 0 Å². The van der Waals surface area contributed by atoms with Crippen molar-refractivity contribution in [1.82, 2.24) is 0 Å². The quantitative estimate of drug-likeness (QED) is 0.0575. The first-order valence-electron chi connectivity index (χ1n) is 19.0. The number of phenols is 2. The van der Waals surface area contributed by atoms with Gasteiger partial charge in [-0.2, -0.15) is 0 Å². The summed E-state index contributed by atoms with van der Waals surface area (Å²) in [4.78, 5) is 0. The lowest BCUT2D eigenvalue weighted by Crippen LogP contribution is -2.03. The maximum Gasteiger partial charge on any atom is 0.161 e. The van der Waals surface area contributed by atoms with Gasteiger partial charge in [0.15, 0.2) is 34.5 Å². The maximum atomic E-state index is 11.1. The first kappa shape index (κ1) is 37.3. The maximum absolute atomic E-state index is 11.1. The summed E-state index contributed by atoms with van der Waals surface area (Å²) in [5.74, 6) is 2.58. The van der Waals surface area contributed by atoms with Crippen molar-refractivity contribution in [3.8, 4) is 34.5 Å². The Hall–Kier alpha value is -3.54. The molecule has 0 atom stereocenters. The van der Waals surface area contributed by atoms with Crippen molar-refractivity contribution in [3.63, 3.8) is 0 Å². The molecule has 0 radical (unpaired) electrons. The van der Waals surface area contributed by atoms with Crippen LogP contribution in [0.15, 0.2) is 36.4 Å². The smallest absolute Gasteiger partial charge is 0.161 e. The van der Waals surface area contributed by atoms with E-state index in [-0.39, 0.29) is 11.5 Å². The van der Waals surface area contributed by atoms with Crippen LogP contribution in [-0.4, -0.2) is 36.6 Å². The minimum absolute atomic E-state index is 0.0915. The van der Waals surface area contributed by atoms with Crippen molar-refractivity contribution >= 4 is 32.3 Å². The Kier molecular flexibility index (Phi) is 15.6. The summed E-state index contributed by atoms with van der Waals surface area (Å²) >= 11 is 0. The van der Waals surface area contributed by atoms with Gasteiger partial charge in [-0.05, 0) is 94.4 Å². The fraction of sp³-hybridized carbons (Fsp3) is 0.571. The summed E-state index contributed by atoms with van der Waals surface area (Å²) in [5, 5.41) is 27.8. The third-order valence-electron chi connectivity index (χ3n) is 9.17. The van der Waals surface area contributed by atoms with Gasteiger partial charge >= 0.3 is 0 Å². The van der Waals surface area contributed by atoms with E-state index in [1.54, 1.807) is 12.1 Å². The molecule has 0 fully saturated rings. The van der Waals surface area contributed by atoms with E-state index in [9.17, 15) is 10.2 Å². The van der Waals surface area contributed by atoms with Crippen LogP contribution < -0.4 is 18.9 Å². The molecule has 0 unspecified atom stereocenters. The monoisotopic (exact) mass is 660 g/mol. The third-order valence-corrected chi connectivity index (χ3v) is 9.17. The summed E-state index contributed by atoms with van der Waals surface area (Å²) in [6.07, 6.45) is 17.7. The molecule has 0 aliphatic heterocycles. The average Bonchev–Trinajstić information content (AvgIpc) is 3.08. The fourth-order valence-corrected chi connectivity index (χ4v) is 6.33. The summed E-state index contributed by atoms with van der Waals surface area (Å²) < 4.78 is 25.2. The van der Waals surface area contributed by atoms with Crippen molar-refractivity contribution in [2.45, 2.75) is 130 Å². The zero-order valence-electron chi connectivity index (χ0n) is 30.1. The van der Waals surface area contributed by atoms with E-state index >= 15 is 0 Å². The number of hydrogen-bond donors (Lipinski definition) is 2. The molecule has 4 rings (SSSR count). The van der Waals surface area contributed by atoms with Crippen LogP contribution >= 0.6 is 0 Å². The van der Waals surface area contributed by atoms with E-state index in [0.717, 1.165) is 108 Å². The highest BCUT2D eigenvalue weighted by molar-refractivity contribution is 6.26. The van der Waals surface area contributed by atoms with Gasteiger partial charge in [0.1, 0.15) is 0 Å². The van der Waals surface area contributed by atoms with E-state index in [1.165, 1.54) is 38.5 Å². The summed E-state index contributed by atoms with van der Waals surface area (Å²) in [6.45, 7) is 11.2. The number of unbranched alkanes of at least 4 members (excludes halogenated alkanes) is 12. The van der Waals surface area contributed by atoms with Crippen LogP contribution in [-0.2, 0) is 0 Å². The highest BCUT2D eigenvalue weighted by Gasteiger charge is 2.19. The molecule has 6 heteroatoms. The summed E-state index contributed by atoms with van der Waals surface area (Å²) in [5.41, 5.74) is 0. The van der Waals surface area contributed by atoms with E-state index in [2.05, 4.69) is 39.8 Å². The van der Waals surface area contributed by atoms with Gasteiger partial charge in [-0.3, -0.25) is 0 Å². The molecular formula is C42H60O6. The molecule has 0 saturated heterocycles. The zero-order valence-corrected chi connectivity index (χ0v) is 30.1. The van der Waals surface area contributed by atoms with Crippen LogP contribution in [0.5, 0.6) is 34.5 Å². The Morgan fingerprint density at radius 2 is 0.583 bits per heavy atom. The molecule has 6 nitrogen and oxygen atoms in total. The van der Waals surface area contributed by atoms with E-state index < -0.39 is 0 Å². The third kappa shape index (κ3) is 10.2. The molecule has 0 heterocycles. The van der Waals surface area contributed by atoms with Crippen molar-refractivity contribution in [2.24, 2.45) is 0 Å². The summed E-state index contributed by atoms with van der Waals surface area (Å²) in [7, 11) is 0. The van der Waals surface area contributed by atoms with Gasteiger partial charge in [-0.25, -0.2) is 0 Å². The number of benzene rings is 4. The Morgan fingerprint density at radius 1 is 0.333 bits per heavy atom. The average molecular weight is 661 g/mol. The number of fused-ring (bicyclic) bond motifs is 6. The minimum Gasteiger partial charge on any atom is -0.504 e. The molecule has 0 saturated carbocycles. The lowest BCUT2D eigenvalue weighted by Gasteiger charge is -2.19. The number of hydrogen-bond acceptors (Lipinski definition) is 6. The van der Waals surface area contributed by atoms with E-state index in [4.69, 9.17) is 18.9 Å². The van der Waals surface area contributed by atoms with Crippen molar-refractivity contribution in [3.05, 3.63) is 36.4 Å². The van der Waals surface area contributed by atoms with E-state index in [0.29, 0.717) is 37.9 Å². The summed E-state index contributed by atoms with van der Waals surface area (Å²) in [6, 6.07) is 11.6. The molecule has 0 aliphatic rings. The topological polar surface area (TPSA) is 77.4 Å². The number of phenolic OH excluding ortho intramolecular Hbond substituents is 2. The molecule has 2 N–H and O–H groups in total. The van der Waals surface area contributed by atoms with Gasteiger partial charge in [-0.15, -0.1) is 0 Å². The van der Waals surface area contributed by atoms with Crippen LogP contribution in [0, 0.1) is 0 Å². The van der Waals surface area contributed by atoms with Crippen LogP contribution in [0.25, 0.3) is 32.3 Å². The van der Waals surface area contributed by atoms with Crippen molar-refractivity contribution in [2.75, 3.05) is 26.4 Å². The first-order chi connectivity index (χ1) is 23.5. The Balaban J connectivity index is 1.84. The number of rotatable bonds is 24. The highest BCUT2D eigenvalue weighted by Crippen LogP contribution is 2.46. The van der Waals surface area contributed by atoms with Gasteiger partial charge < -0.3 is 29.2 Å². The lowest BCUT2D eigenvalue weighted by atomic mass is 9.93. The Labute approximate surface area is 288 Å².